The first-order valence-corrected chi connectivity index (χ1v) is 5.24. The molecule has 0 unspecified atom stereocenters. The van der Waals surface area contributed by atoms with Crippen LogP contribution >= 0.6 is 0 Å². The largest absolute Gasteiger partial charge is 0.366 e. The van der Waals surface area contributed by atoms with E-state index in [1.807, 2.05) is 6.92 Å². The van der Waals surface area contributed by atoms with E-state index in [0.717, 1.165) is 23.5 Å². The molecule has 0 atom stereocenters. The maximum absolute atomic E-state index is 13.4. The maximum atomic E-state index is 13.4. The van der Waals surface area contributed by atoms with Crippen LogP contribution in [0.2, 0.25) is 0 Å². The van der Waals surface area contributed by atoms with Crippen molar-refractivity contribution in [3.63, 3.8) is 0 Å². The third kappa shape index (κ3) is 2.43. The molecule has 0 aliphatic rings. The van der Waals surface area contributed by atoms with Crippen LogP contribution in [0.25, 0.3) is 0 Å². The Hall–Kier alpha value is -1.91. The molecule has 0 aliphatic heterocycles. The molecule has 0 spiro atoms. The van der Waals surface area contributed by atoms with E-state index >= 15 is 0 Å². The van der Waals surface area contributed by atoms with Crippen LogP contribution < -0.4 is 5.32 Å². The van der Waals surface area contributed by atoms with Crippen molar-refractivity contribution in [2.75, 3.05) is 5.32 Å². The van der Waals surface area contributed by atoms with E-state index in [4.69, 9.17) is 0 Å². The molecule has 2 rings (SSSR count). The summed E-state index contributed by atoms with van der Waals surface area (Å²) in [5, 5.41) is 7.09. The molecule has 0 saturated heterocycles. The smallest absolute Gasteiger partial charge is 0.128 e. The van der Waals surface area contributed by atoms with Gasteiger partial charge in [-0.3, -0.25) is 4.68 Å². The van der Waals surface area contributed by atoms with Crippen LogP contribution in [0.1, 0.15) is 11.1 Å². The van der Waals surface area contributed by atoms with Gasteiger partial charge in [0.1, 0.15) is 17.5 Å². The molecule has 5 heteroatoms. The molecular formula is C12H13F2N3. The number of anilines is 1. The summed E-state index contributed by atoms with van der Waals surface area (Å²) in [6.07, 6.45) is 1.71. The standard InChI is InChI=1S/C12H13F2N3/c1-8-6-16-17(2)12(8)15-7-9-5-10(13)3-4-11(9)14/h3-6,15H,7H2,1-2H3. The molecule has 90 valence electrons. The van der Waals surface area contributed by atoms with E-state index in [0.29, 0.717) is 5.56 Å². The van der Waals surface area contributed by atoms with Crippen LogP contribution in [0, 0.1) is 18.6 Å². The van der Waals surface area contributed by atoms with Crippen LogP contribution in [0.4, 0.5) is 14.6 Å². The second-order valence-electron chi connectivity index (χ2n) is 3.89. The Bertz CT molecular complexity index is 515. The lowest BCUT2D eigenvalue weighted by Crippen LogP contribution is -2.07. The predicted octanol–water partition coefficient (Wildman–Crippen LogP) is 2.62. The van der Waals surface area contributed by atoms with Crippen molar-refractivity contribution in [2.45, 2.75) is 13.5 Å². The maximum Gasteiger partial charge on any atom is 0.128 e. The van der Waals surface area contributed by atoms with Gasteiger partial charge in [0.15, 0.2) is 0 Å². The molecule has 0 bridgehead atoms. The molecular weight excluding hydrogens is 224 g/mol. The van der Waals surface area contributed by atoms with E-state index in [2.05, 4.69) is 10.4 Å². The van der Waals surface area contributed by atoms with E-state index in [9.17, 15) is 8.78 Å². The fourth-order valence-electron chi connectivity index (χ4n) is 1.66. The highest BCUT2D eigenvalue weighted by molar-refractivity contribution is 5.43. The summed E-state index contributed by atoms with van der Waals surface area (Å²) in [7, 11) is 1.79. The second-order valence-corrected chi connectivity index (χ2v) is 3.89. The number of benzene rings is 1. The Morgan fingerprint density at radius 2 is 2.12 bits per heavy atom. The molecule has 0 aliphatic carbocycles. The van der Waals surface area contributed by atoms with Crippen LogP contribution in [0.15, 0.2) is 24.4 Å². The molecule has 1 aromatic carbocycles. The number of aromatic nitrogens is 2. The number of halogens is 2. The molecule has 3 nitrogen and oxygen atoms in total. The Labute approximate surface area is 98.1 Å². The van der Waals surface area contributed by atoms with Crippen LogP contribution in [-0.2, 0) is 13.6 Å². The topological polar surface area (TPSA) is 29.9 Å². The molecule has 0 saturated carbocycles. The average molecular weight is 237 g/mol. The highest BCUT2D eigenvalue weighted by Crippen LogP contribution is 2.15. The van der Waals surface area contributed by atoms with Crippen molar-refractivity contribution in [3.8, 4) is 0 Å². The van der Waals surface area contributed by atoms with E-state index in [-0.39, 0.29) is 6.54 Å². The average Bonchev–Trinajstić information content (AvgIpc) is 2.61. The molecule has 2 aromatic rings. The lowest BCUT2D eigenvalue weighted by molar-refractivity contribution is 0.587. The van der Waals surface area contributed by atoms with Crippen molar-refractivity contribution in [2.24, 2.45) is 7.05 Å². The van der Waals surface area contributed by atoms with Gasteiger partial charge in [-0.25, -0.2) is 8.78 Å². The monoisotopic (exact) mass is 237 g/mol. The first kappa shape index (κ1) is 11.6. The van der Waals surface area contributed by atoms with Crippen LogP contribution in [-0.4, -0.2) is 9.78 Å². The summed E-state index contributed by atoms with van der Waals surface area (Å²) in [5.74, 6) is -0.0580. The number of hydrogen-bond acceptors (Lipinski definition) is 2. The van der Waals surface area contributed by atoms with Crippen LogP contribution in [0.5, 0.6) is 0 Å². The molecule has 1 aromatic heterocycles. The Kier molecular flexibility index (Phi) is 3.08. The van der Waals surface area contributed by atoms with Crippen molar-refractivity contribution in [1.29, 1.82) is 0 Å². The van der Waals surface area contributed by atoms with Gasteiger partial charge in [-0.15, -0.1) is 0 Å². The van der Waals surface area contributed by atoms with E-state index < -0.39 is 11.6 Å². The summed E-state index contributed by atoms with van der Waals surface area (Å²) in [5.41, 5.74) is 1.26. The number of hydrogen-bond donors (Lipinski definition) is 1. The predicted molar refractivity (Wildman–Crippen MR) is 61.6 cm³/mol. The minimum atomic E-state index is -0.440. The van der Waals surface area contributed by atoms with Crippen molar-refractivity contribution in [3.05, 3.63) is 47.2 Å². The van der Waals surface area contributed by atoms with Gasteiger partial charge in [0.2, 0.25) is 0 Å². The lowest BCUT2D eigenvalue weighted by Gasteiger charge is -2.08. The van der Waals surface area contributed by atoms with Gasteiger partial charge in [0, 0.05) is 24.7 Å². The van der Waals surface area contributed by atoms with Gasteiger partial charge >= 0.3 is 0 Å². The van der Waals surface area contributed by atoms with Gasteiger partial charge in [-0.05, 0) is 25.1 Å². The number of aryl methyl sites for hydroxylation is 2. The highest BCUT2D eigenvalue weighted by Gasteiger charge is 2.07. The van der Waals surface area contributed by atoms with Crippen molar-refractivity contribution in [1.82, 2.24) is 9.78 Å². The molecule has 0 fully saturated rings. The highest BCUT2D eigenvalue weighted by atomic mass is 19.1. The zero-order valence-corrected chi connectivity index (χ0v) is 9.67. The molecule has 17 heavy (non-hydrogen) atoms. The first-order valence-electron chi connectivity index (χ1n) is 5.24. The van der Waals surface area contributed by atoms with Gasteiger partial charge in [-0.1, -0.05) is 0 Å². The molecule has 1 heterocycles. The Morgan fingerprint density at radius 1 is 1.35 bits per heavy atom. The van der Waals surface area contributed by atoms with Gasteiger partial charge in [0.25, 0.3) is 0 Å². The molecule has 1 N–H and O–H groups in total. The quantitative estimate of drug-likeness (QED) is 0.889. The molecule has 0 radical (unpaired) electrons. The third-order valence-corrected chi connectivity index (χ3v) is 2.58. The van der Waals surface area contributed by atoms with Gasteiger partial charge in [-0.2, -0.15) is 5.10 Å². The van der Waals surface area contributed by atoms with Gasteiger partial charge < -0.3 is 5.32 Å². The number of nitrogens with one attached hydrogen (secondary N) is 1. The number of rotatable bonds is 3. The summed E-state index contributed by atoms with van der Waals surface area (Å²) in [6, 6.07) is 3.42. The SMILES string of the molecule is Cc1cnn(C)c1NCc1cc(F)ccc1F. The fourth-order valence-corrected chi connectivity index (χ4v) is 1.66. The zero-order chi connectivity index (χ0) is 12.4. The van der Waals surface area contributed by atoms with E-state index in [1.54, 1.807) is 17.9 Å². The minimum Gasteiger partial charge on any atom is -0.366 e. The van der Waals surface area contributed by atoms with Gasteiger partial charge in [0.05, 0.1) is 6.20 Å². The summed E-state index contributed by atoms with van der Waals surface area (Å²) < 4.78 is 28.0. The first-order chi connectivity index (χ1) is 8.08. The third-order valence-electron chi connectivity index (χ3n) is 2.58. The Balaban J connectivity index is 2.15. The Morgan fingerprint density at radius 3 is 2.76 bits per heavy atom. The summed E-state index contributed by atoms with van der Waals surface area (Å²) in [4.78, 5) is 0. The van der Waals surface area contributed by atoms with Crippen molar-refractivity contribution < 1.29 is 8.78 Å². The zero-order valence-electron chi connectivity index (χ0n) is 9.67. The second kappa shape index (κ2) is 4.53. The van der Waals surface area contributed by atoms with Crippen molar-refractivity contribution >= 4 is 5.82 Å². The normalized spacial score (nSPS) is 10.6. The van der Waals surface area contributed by atoms with E-state index in [1.165, 1.54) is 6.07 Å². The summed E-state index contributed by atoms with van der Waals surface area (Å²) >= 11 is 0. The van der Waals surface area contributed by atoms with Crippen LogP contribution in [0.3, 0.4) is 0 Å². The summed E-state index contributed by atoms with van der Waals surface area (Å²) in [6.45, 7) is 2.13. The fraction of sp³-hybridized carbons (Fsp3) is 0.250. The lowest BCUT2D eigenvalue weighted by atomic mass is 10.2. The molecule has 0 amide bonds. The number of nitrogens with zero attached hydrogens (tertiary/aromatic N) is 2. The minimum absolute atomic E-state index is 0.226.